The van der Waals surface area contributed by atoms with Gasteiger partial charge in [0.05, 0.1) is 6.54 Å². The molecule has 23 heavy (non-hydrogen) atoms. The zero-order valence-corrected chi connectivity index (χ0v) is 14.7. The molecule has 0 radical (unpaired) electrons. The highest BCUT2D eigenvalue weighted by Gasteiger charge is 2.09. The Bertz CT molecular complexity index is 794. The summed E-state index contributed by atoms with van der Waals surface area (Å²) in [6.45, 7) is 10.6. The average Bonchev–Trinajstić information content (AvgIpc) is 2.83. The molecule has 0 unspecified atom stereocenters. The summed E-state index contributed by atoms with van der Waals surface area (Å²) in [5.74, 6) is 0.266. The lowest BCUT2D eigenvalue weighted by molar-refractivity contribution is 0.597. The molecular formula is C20H23ClFN. The van der Waals surface area contributed by atoms with Crippen LogP contribution >= 0.6 is 11.6 Å². The third-order valence-corrected chi connectivity index (χ3v) is 4.38. The number of aromatic nitrogens is 1. The van der Waals surface area contributed by atoms with Crippen LogP contribution in [0.3, 0.4) is 0 Å². The topological polar surface area (TPSA) is 4.93 Å². The third-order valence-electron chi connectivity index (χ3n) is 4.05. The summed E-state index contributed by atoms with van der Waals surface area (Å²) in [5, 5.41) is 2.35. The van der Waals surface area contributed by atoms with Gasteiger partial charge in [0.15, 0.2) is 0 Å². The van der Waals surface area contributed by atoms with Crippen molar-refractivity contribution >= 4 is 24.3 Å². The minimum Gasteiger partial charge on any atom is -0.343 e. The van der Waals surface area contributed by atoms with Crippen LogP contribution in [0.15, 0.2) is 36.5 Å². The first-order valence-corrected chi connectivity index (χ1v) is 8.27. The standard InChI is InChI=1S/C20H23ClFN/c1-5-14(2)7-6-8-20-16(4)9-10-23(20)13-17-18(21)11-15(3)12-19(17)22/h6-12,14H,4-5,13H2,1-3H3/b7-6-,20-8+/t14-/m1/s1. The smallest absolute Gasteiger partial charge is 0.129 e. The molecule has 0 saturated heterocycles. The minimum atomic E-state index is -0.268. The quantitative estimate of drug-likeness (QED) is 0.763. The number of hydrogen-bond acceptors (Lipinski definition) is 0. The van der Waals surface area contributed by atoms with Crippen LogP contribution in [0.25, 0.3) is 12.7 Å². The molecule has 0 N–H and O–H groups in total. The van der Waals surface area contributed by atoms with Crippen LogP contribution in [0, 0.1) is 18.7 Å². The van der Waals surface area contributed by atoms with E-state index in [-0.39, 0.29) is 5.82 Å². The van der Waals surface area contributed by atoms with Crippen molar-refractivity contribution in [3.63, 3.8) is 0 Å². The summed E-state index contributed by atoms with van der Waals surface area (Å²) < 4.78 is 16.2. The molecule has 0 bridgehead atoms. The van der Waals surface area contributed by atoms with Gasteiger partial charge in [0.25, 0.3) is 0 Å². The molecule has 122 valence electrons. The summed E-state index contributed by atoms with van der Waals surface area (Å²) >= 11 is 6.22. The van der Waals surface area contributed by atoms with Gasteiger partial charge < -0.3 is 4.57 Å². The van der Waals surface area contributed by atoms with Gasteiger partial charge in [-0.15, -0.1) is 0 Å². The predicted molar refractivity (Wildman–Crippen MR) is 97.5 cm³/mol. The maximum atomic E-state index is 14.2. The molecule has 1 heterocycles. The van der Waals surface area contributed by atoms with E-state index in [9.17, 15) is 4.39 Å². The van der Waals surface area contributed by atoms with Gasteiger partial charge in [0, 0.05) is 22.1 Å². The Morgan fingerprint density at radius 1 is 1.39 bits per heavy atom. The van der Waals surface area contributed by atoms with Crippen LogP contribution in [0.1, 0.15) is 31.4 Å². The molecule has 2 aromatic rings. The van der Waals surface area contributed by atoms with E-state index in [1.165, 1.54) is 6.07 Å². The van der Waals surface area contributed by atoms with Crippen LogP contribution < -0.4 is 10.6 Å². The third kappa shape index (κ3) is 4.35. The van der Waals surface area contributed by atoms with Crippen LogP contribution in [0.5, 0.6) is 0 Å². The zero-order valence-electron chi connectivity index (χ0n) is 13.9. The van der Waals surface area contributed by atoms with Gasteiger partial charge in [-0.05, 0) is 47.9 Å². The fourth-order valence-corrected chi connectivity index (χ4v) is 2.72. The van der Waals surface area contributed by atoms with Crippen molar-refractivity contribution in [3.05, 3.63) is 69.1 Å². The van der Waals surface area contributed by atoms with E-state index in [2.05, 4.69) is 26.5 Å². The highest BCUT2D eigenvalue weighted by molar-refractivity contribution is 6.31. The average molecular weight is 332 g/mol. The Morgan fingerprint density at radius 3 is 2.78 bits per heavy atom. The molecular weight excluding hydrogens is 309 g/mol. The van der Waals surface area contributed by atoms with Crippen LogP contribution in [-0.2, 0) is 6.54 Å². The fraction of sp³-hybridized carbons (Fsp3) is 0.300. The van der Waals surface area contributed by atoms with Crippen molar-refractivity contribution in [1.82, 2.24) is 4.57 Å². The highest BCUT2D eigenvalue weighted by Crippen LogP contribution is 2.21. The number of aryl methyl sites for hydroxylation is 1. The van der Waals surface area contributed by atoms with E-state index >= 15 is 0 Å². The first-order chi connectivity index (χ1) is 10.9. The summed E-state index contributed by atoms with van der Waals surface area (Å²) in [7, 11) is 0. The molecule has 1 atom stereocenters. The first-order valence-electron chi connectivity index (χ1n) is 7.89. The maximum Gasteiger partial charge on any atom is 0.129 e. The van der Waals surface area contributed by atoms with Crippen molar-refractivity contribution < 1.29 is 4.39 Å². The van der Waals surface area contributed by atoms with E-state index in [0.29, 0.717) is 23.0 Å². The molecule has 1 aromatic carbocycles. The van der Waals surface area contributed by atoms with E-state index in [1.807, 2.05) is 35.9 Å². The molecule has 1 nitrogen and oxygen atoms in total. The second kappa shape index (κ2) is 7.65. The van der Waals surface area contributed by atoms with Crippen molar-refractivity contribution in [2.24, 2.45) is 5.92 Å². The number of benzene rings is 1. The normalized spacial score (nSPS) is 13.9. The van der Waals surface area contributed by atoms with Crippen molar-refractivity contribution in [2.45, 2.75) is 33.7 Å². The lowest BCUT2D eigenvalue weighted by Crippen LogP contribution is -2.28. The van der Waals surface area contributed by atoms with Gasteiger partial charge in [-0.1, -0.05) is 50.6 Å². The lowest BCUT2D eigenvalue weighted by atomic mass is 10.1. The minimum absolute atomic E-state index is 0.268. The van der Waals surface area contributed by atoms with Crippen molar-refractivity contribution in [1.29, 1.82) is 0 Å². The molecule has 0 fully saturated rings. The molecule has 0 aliphatic heterocycles. The monoisotopic (exact) mass is 331 g/mol. The predicted octanol–water partition coefficient (Wildman–Crippen LogP) is 4.43. The number of halogens is 2. The lowest BCUT2D eigenvalue weighted by Gasteiger charge is -2.09. The van der Waals surface area contributed by atoms with Gasteiger partial charge in [0.1, 0.15) is 5.82 Å². The molecule has 0 amide bonds. The van der Waals surface area contributed by atoms with E-state index < -0.39 is 0 Å². The van der Waals surface area contributed by atoms with Crippen LogP contribution in [0.2, 0.25) is 5.02 Å². The number of allylic oxidation sites excluding steroid dienone is 2. The SMILES string of the molecule is C=c1ccn(Cc2c(F)cc(C)cc2Cl)/c1=C/C=C\[C@H](C)CC. The number of hydrogen-bond donors (Lipinski definition) is 0. The van der Waals surface area contributed by atoms with E-state index in [0.717, 1.165) is 22.6 Å². The van der Waals surface area contributed by atoms with Gasteiger partial charge >= 0.3 is 0 Å². The van der Waals surface area contributed by atoms with Gasteiger partial charge in [-0.3, -0.25) is 0 Å². The van der Waals surface area contributed by atoms with Gasteiger partial charge in [-0.2, -0.15) is 0 Å². The van der Waals surface area contributed by atoms with Crippen molar-refractivity contribution in [3.8, 4) is 0 Å². The van der Waals surface area contributed by atoms with E-state index in [4.69, 9.17) is 11.6 Å². The summed E-state index contributed by atoms with van der Waals surface area (Å²) in [4.78, 5) is 0. The molecule has 1 aromatic heterocycles. The van der Waals surface area contributed by atoms with E-state index in [1.54, 1.807) is 6.07 Å². The zero-order chi connectivity index (χ0) is 17.0. The molecule has 2 rings (SSSR count). The highest BCUT2D eigenvalue weighted by atomic mass is 35.5. The Kier molecular flexibility index (Phi) is 5.84. The first kappa shape index (κ1) is 17.6. The van der Waals surface area contributed by atoms with Gasteiger partial charge in [-0.25, -0.2) is 4.39 Å². The molecule has 0 spiro atoms. The Hall–Kier alpha value is -1.80. The summed E-state index contributed by atoms with van der Waals surface area (Å²) in [5.41, 5.74) is 1.33. The second-order valence-corrected chi connectivity index (χ2v) is 6.41. The molecule has 0 aliphatic carbocycles. The summed E-state index contributed by atoms with van der Waals surface area (Å²) in [6, 6.07) is 5.24. The van der Waals surface area contributed by atoms with Gasteiger partial charge in [0.2, 0.25) is 0 Å². The summed E-state index contributed by atoms with van der Waals surface area (Å²) in [6.07, 6.45) is 9.25. The number of nitrogens with zero attached hydrogens (tertiary/aromatic N) is 1. The molecule has 3 heteroatoms. The maximum absolute atomic E-state index is 14.2. The Morgan fingerprint density at radius 2 is 2.13 bits per heavy atom. The molecule has 0 saturated carbocycles. The number of rotatable bonds is 5. The van der Waals surface area contributed by atoms with Crippen molar-refractivity contribution in [2.75, 3.05) is 0 Å². The Labute approximate surface area is 142 Å². The Balaban J connectivity index is 2.38. The largest absolute Gasteiger partial charge is 0.343 e. The van der Waals surface area contributed by atoms with Crippen LogP contribution in [-0.4, -0.2) is 4.57 Å². The second-order valence-electron chi connectivity index (χ2n) is 6.00. The van der Waals surface area contributed by atoms with Crippen LogP contribution in [0.4, 0.5) is 4.39 Å². The molecule has 0 aliphatic rings. The fourth-order valence-electron chi connectivity index (χ4n) is 2.39.